The number of piperidine rings is 1. The summed E-state index contributed by atoms with van der Waals surface area (Å²) in [7, 11) is 2.15. The van der Waals surface area contributed by atoms with Gasteiger partial charge in [0.25, 0.3) is 0 Å². The molecule has 2 aliphatic rings. The lowest BCUT2D eigenvalue weighted by Crippen LogP contribution is -2.43. The Morgan fingerprint density at radius 3 is 2.47 bits per heavy atom. The first-order chi connectivity index (χ1) is 9.24. The molecule has 1 aliphatic carbocycles. The lowest BCUT2D eigenvalue weighted by Gasteiger charge is -2.29. The number of rotatable bonds is 5. The third-order valence-electron chi connectivity index (χ3n) is 4.82. The normalized spacial score (nSPS) is 23.4. The Labute approximate surface area is 118 Å². The molecular formula is C16H30N2O. The molecule has 3 nitrogen and oxygen atoms in total. The number of carbonyl (C=O) groups is 1. The van der Waals surface area contributed by atoms with E-state index >= 15 is 0 Å². The van der Waals surface area contributed by atoms with Crippen molar-refractivity contribution in [2.24, 2.45) is 5.92 Å². The van der Waals surface area contributed by atoms with Crippen LogP contribution in [0.1, 0.15) is 64.2 Å². The molecule has 1 aliphatic heterocycles. The summed E-state index contributed by atoms with van der Waals surface area (Å²) in [4.78, 5) is 14.2. The van der Waals surface area contributed by atoms with Crippen LogP contribution in [0.2, 0.25) is 0 Å². The van der Waals surface area contributed by atoms with Crippen LogP contribution >= 0.6 is 0 Å². The minimum atomic E-state index is 0.283. The Morgan fingerprint density at radius 2 is 1.79 bits per heavy atom. The second-order valence-electron chi connectivity index (χ2n) is 6.54. The van der Waals surface area contributed by atoms with Gasteiger partial charge in [0, 0.05) is 12.5 Å². The van der Waals surface area contributed by atoms with Crippen LogP contribution in [0.15, 0.2) is 0 Å². The fourth-order valence-electron chi connectivity index (χ4n) is 3.48. The van der Waals surface area contributed by atoms with E-state index in [9.17, 15) is 4.79 Å². The minimum Gasteiger partial charge on any atom is -0.353 e. The molecule has 0 atom stereocenters. The summed E-state index contributed by atoms with van der Waals surface area (Å²) in [5, 5.41) is 3.21. The molecule has 110 valence electrons. The molecule has 1 N–H and O–H groups in total. The third-order valence-corrected chi connectivity index (χ3v) is 4.82. The topological polar surface area (TPSA) is 32.3 Å². The number of nitrogens with one attached hydrogen (secondary N) is 1. The average molecular weight is 266 g/mol. The van der Waals surface area contributed by atoms with E-state index in [2.05, 4.69) is 17.3 Å². The maximum atomic E-state index is 11.9. The van der Waals surface area contributed by atoms with Crippen LogP contribution in [0, 0.1) is 5.92 Å². The summed E-state index contributed by atoms with van der Waals surface area (Å²) in [6, 6.07) is 0.429. The molecule has 1 amide bonds. The van der Waals surface area contributed by atoms with Crippen molar-refractivity contribution >= 4 is 5.91 Å². The Morgan fingerprint density at radius 1 is 1.11 bits per heavy atom. The van der Waals surface area contributed by atoms with Crippen molar-refractivity contribution in [3.05, 3.63) is 0 Å². The van der Waals surface area contributed by atoms with E-state index in [1.165, 1.54) is 38.5 Å². The van der Waals surface area contributed by atoms with E-state index in [1.807, 2.05) is 0 Å². The molecule has 0 aromatic carbocycles. The monoisotopic (exact) mass is 266 g/mol. The highest BCUT2D eigenvalue weighted by molar-refractivity contribution is 5.76. The van der Waals surface area contributed by atoms with Crippen molar-refractivity contribution in [2.75, 3.05) is 20.1 Å². The van der Waals surface area contributed by atoms with Gasteiger partial charge in [-0.3, -0.25) is 4.79 Å². The van der Waals surface area contributed by atoms with Gasteiger partial charge in [-0.1, -0.05) is 32.1 Å². The first kappa shape index (κ1) is 14.8. The van der Waals surface area contributed by atoms with Crippen LogP contribution in [0.25, 0.3) is 0 Å². The molecule has 0 aromatic heterocycles. The molecule has 1 saturated carbocycles. The molecule has 0 unspecified atom stereocenters. The van der Waals surface area contributed by atoms with E-state index < -0.39 is 0 Å². The van der Waals surface area contributed by atoms with Crippen LogP contribution in [-0.2, 0) is 4.79 Å². The van der Waals surface area contributed by atoms with Crippen LogP contribution in [0.3, 0.4) is 0 Å². The fourth-order valence-corrected chi connectivity index (χ4v) is 3.48. The van der Waals surface area contributed by atoms with Crippen molar-refractivity contribution in [3.8, 4) is 0 Å². The number of nitrogens with zero attached hydrogens (tertiary/aromatic N) is 1. The maximum Gasteiger partial charge on any atom is 0.220 e. The first-order valence-corrected chi connectivity index (χ1v) is 8.22. The summed E-state index contributed by atoms with van der Waals surface area (Å²) in [6.07, 6.45) is 12.4. The van der Waals surface area contributed by atoms with Crippen LogP contribution < -0.4 is 5.32 Å². The van der Waals surface area contributed by atoms with Gasteiger partial charge in [0.15, 0.2) is 0 Å². The molecule has 0 bridgehead atoms. The molecule has 1 heterocycles. The van der Waals surface area contributed by atoms with Gasteiger partial charge >= 0.3 is 0 Å². The van der Waals surface area contributed by atoms with Gasteiger partial charge < -0.3 is 10.2 Å². The van der Waals surface area contributed by atoms with Crippen molar-refractivity contribution in [1.29, 1.82) is 0 Å². The number of amides is 1. The molecular weight excluding hydrogens is 236 g/mol. The summed E-state index contributed by atoms with van der Waals surface area (Å²) in [5.74, 6) is 1.19. The van der Waals surface area contributed by atoms with Gasteiger partial charge in [0.2, 0.25) is 5.91 Å². The lowest BCUT2D eigenvalue weighted by atomic mass is 9.86. The Kier molecular flexibility index (Phi) is 6.15. The predicted octanol–water partition coefficient (Wildman–Crippen LogP) is 2.95. The summed E-state index contributed by atoms with van der Waals surface area (Å²) >= 11 is 0. The molecule has 2 fully saturated rings. The Hall–Kier alpha value is -0.570. The van der Waals surface area contributed by atoms with Gasteiger partial charge in [0.1, 0.15) is 0 Å². The highest BCUT2D eigenvalue weighted by Gasteiger charge is 2.18. The number of hydrogen-bond donors (Lipinski definition) is 1. The van der Waals surface area contributed by atoms with E-state index in [-0.39, 0.29) is 5.91 Å². The SMILES string of the molecule is CN1CCC(NC(=O)CCCC2CCCCC2)CC1. The van der Waals surface area contributed by atoms with Gasteiger partial charge in [-0.25, -0.2) is 0 Å². The highest BCUT2D eigenvalue weighted by Crippen LogP contribution is 2.27. The van der Waals surface area contributed by atoms with Gasteiger partial charge in [-0.15, -0.1) is 0 Å². The second-order valence-corrected chi connectivity index (χ2v) is 6.54. The van der Waals surface area contributed by atoms with E-state index in [4.69, 9.17) is 0 Å². The van der Waals surface area contributed by atoms with Crippen molar-refractivity contribution in [3.63, 3.8) is 0 Å². The van der Waals surface area contributed by atoms with E-state index in [1.54, 1.807) is 0 Å². The zero-order chi connectivity index (χ0) is 13.5. The summed E-state index contributed by atoms with van der Waals surface area (Å²) < 4.78 is 0. The van der Waals surface area contributed by atoms with Crippen molar-refractivity contribution in [1.82, 2.24) is 10.2 Å². The third kappa shape index (κ3) is 5.52. The number of hydrogen-bond acceptors (Lipinski definition) is 2. The minimum absolute atomic E-state index is 0.283. The molecule has 19 heavy (non-hydrogen) atoms. The molecule has 2 rings (SSSR count). The van der Waals surface area contributed by atoms with E-state index in [0.717, 1.165) is 44.7 Å². The second kappa shape index (κ2) is 7.88. The first-order valence-electron chi connectivity index (χ1n) is 8.22. The van der Waals surface area contributed by atoms with Crippen molar-refractivity contribution in [2.45, 2.75) is 70.3 Å². The molecule has 1 saturated heterocycles. The predicted molar refractivity (Wildman–Crippen MR) is 79.1 cm³/mol. The summed E-state index contributed by atoms with van der Waals surface area (Å²) in [5.41, 5.74) is 0. The van der Waals surface area contributed by atoms with E-state index in [0.29, 0.717) is 6.04 Å². The van der Waals surface area contributed by atoms with Crippen molar-refractivity contribution < 1.29 is 4.79 Å². The standard InChI is InChI=1S/C16H30N2O/c1-18-12-10-15(11-13-18)17-16(19)9-5-8-14-6-3-2-4-7-14/h14-15H,2-13H2,1H3,(H,17,19). The largest absolute Gasteiger partial charge is 0.353 e. The van der Waals surface area contributed by atoms with Crippen LogP contribution in [0.5, 0.6) is 0 Å². The highest BCUT2D eigenvalue weighted by atomic mass is 16.1. The number of likely N-dealkylation sites (tertiary alicyclic amines) is 1. The average Bonchev–Trinajstić information content (AvgIpc) is 2.43. The molecule has 0 radical (unpaired) electrons. The van der Waals surface area contributed by atoms with Gasteiger partial charge in [-0.05, 0) is 51.7 Å². The Balaban J connectivity index is 1.54. The molecule has 3 heteroatoms. The van der Waals surface area contributed by atoms with Gasteiger partial charge in [0.05, 0.1) is 0 Å². The van der Waals surface area contributed by atoms with Crippen LogP contribution in [0.4, 0.5) is 0 Å². The molecule has 0 spiro atoms. The van der Waals surface area contributed by atoms with Gasteiger partial charge in [-0.2, -0.15) is 0 Å². The zero-order valence-electron chi connectivity index (χ0n) is 12.5. The smallest absolute Gasteiger partial charge is 0.220 e. The maximum absolute atomic E-state index is 11.9. The van der Waals surface area contributed by atoms with Crippen LogP contribution in [-0.4, -0.2) is 37.0 Å². The quantitative estimate of drug-likeness (QED) is 0.830. The lowest BCUT2D eigenvalue weighted by molar-refractivity contribution is -0.122. The number of carbonyl (C=O) groups excluding carboxylic acids is 1. The fraction of sp³-hybridized carbons (Fsp3) is 0.938. The zero-order valence-corrected chi connectivity index (χ0v) is 12.5. The Bertz CT molecular complexity index is 266. The molecule has 0 aromatic rings. The summed E-state index contributed by atoms with van der Waals surface area (Å²) in [6.45, 7) is 2.24.